The monoisotopic (exact) mass is 351 g/mol. The van der Waals surface area contributed by atoms with Crippen molar-refractivity contribution in [2.75, 3.05) is 18.0 Å². The molecule has 132 valence electrons. The average Bonchev–Trinajstić information content (AvgIpc) is 3.27. The highest BCUT2D eigenvalue weighted by Gasteiger charge is 2.28. The van der Waals surface area contributed by atoms with Crippen LogP contribution in [0.2, 0.25) is 0 Å². The fourth-order valence-electron chi connectivity index (χ4n) is 4.59. The van der Waals surface area contributed by atoms with E-state index in [4.69, 9.17) is 0 Å². The Kier molecular flexibility index (Phi) is 3.90. The van der Waals surface area contributed by atoms with Gasteiger partial charge in [-0.05, 0) is 66.1 Å². The Hall–Kier alpha value is -3.12. The van der Waals surface area contributed by atoms with Gasteiger partial charge in [-0.1, -0.05) is 30.3 Å². The highest BCUT2D eigenvalue weighted by Crippen LogP contribution is 2.44. The van der Waals surface area contributed by atoms with E-state index in [9.17, 15) is 5.26 Å². The molecular formula is C24H21N3. The summed E-state index contributed by atoms with van der Waals surface area (Å²) in [5.74, 6) is 0. The van der Waals surface area contributed by atoms with Gasteiger partial charge < -0.3 is 4.90 Å². The van der Waals surface area contributed by atoms with Crippen LogP contribution in [0.1, 0.15) is 29.5 Å². The van der Waals surface area contributed by atoms with Gasteiger partial charge in [-0.15, -0.1) is 0 Å². The maximum atomic E-state index is 10.1. The molecule has 1 aliphatic heterocycles. The number of benzene rings is 2. The van der Waals surface area contributed by atoms with E-state index >= 15 is 0 Å². The Morgan fingerprint density at radius 2 is 1.70 bits per heavy atom. The van der Waals surface area contributed by atoms with E-state index in [1.165, 1.54) is 35.1 Å². The van der Waals surface area contributed by atoms with E-state index in [-0.39, 0.29) is 0 Å². The summed E-state index contributed by atoms with van der Waals surface area (Å²) in [7, 11) is 0. The minimum absolute atomic E-state index is 0.786. The molecule has 3 nitrogen and oxygen atoms in total. The van der Waals surface area contributed by atoms with Gasteiger partial charge in [-0.3, -0.25) is 4.98 Å². The lowest BCUT2D eigenvalue weighted by Gasteiger charge is -2.30. The third-order valence-electron chi connectivity index (χ3n) is 5.83. The van der Waals surface area contributed by atoms with Crippen LogP contribution in [0.25, 0.3) is 22.4 Å². The van der Waals surface area contributed by atoms with Crippen LogP contribution >= 0.6 is 0 Å². The highest BCUT2D eigenvalue weighted by atomic mass is 15.1. The van der Waals surface area contributed by atoms with Crippen molar-refractivity contribution in [3.8, 4) is 28.5 Å². The van der Waals surface area contributed by atoms with Gasteiger partial charge in [0.05, 0.1) is 16.9 Å². The number of hydrogen-bond acceptors (Lipinski definition) is 3. The number of pyridine rings is 1. The summed E-state index contributed by atoms with van der Waals surface area (Å²) in [6.07, 6.45) is 6.24. The molecule has 0 N–H and O–H groups in total. The normalized spacial score (nSPS) is 15.1. The molecule has 2 aliphatic rings. The summed E-state index contributed by atoms with van der Waals surface area (Å²) in [5, 5.41) is 10.1. The largest absolute Gasteiger partial charge is 0.370 e. The molecule has 0 saturated carbocycles. The average molecular weight is 351 g/mol. The second-order valence-corrected chi connectivity index (χ2v) is 7.35. The van der Waals surface area contributed by atoms with Crippen molar-refractivity contribution in [2.24, 2.45) is 0 Å². The first-order chi connectivity index (χ1) is 13.4. The second-order valence-electron chi connectivity index (χ2n) is 7.35. The number of nitriles is 1. The minimum atomic E-state index is 0.786. The number of rotatable bonds is 2. The lowest BCUT2D eigenvalue weighted by Crippen LogP contribution is -2.22. The Morgan fingerprint density at radius 3 is 2.48 bits per heavy atom. The quantitative estimate of drug-likeness (QED) is 0.653. The lowest BCUT2D eigenvalue weighted by atomic mass is 9.81. The van der Waals surface area contributed by atoms with Crippen molar-refractivity contribution in [2.45, 2.75) is 25.7 Å². The summed E-state index contributed by atoms with van der Waals surface area (Å²) in [6.45, 7) is 2.07. The molecule has 0 radical (unpaired) electrons. The predicted octanol–water partition coefficient (Wildman–Crippen LogP) is 4.99. The van der Waals surface area contributed by atoms with Crippen molar-refractivity contribution in [1.29, 1.82) is 5.26 Å². The molecule has 3 aromatic rings. The van der Waals surface area contributed by atoms with Crippen LogP contribution in [0.5, 0.6) is 0 Å². The number of aryl methyl sites for hydroxylation is 1. The molecule has 0 amide bonds. The molecule has 0 spiro atoms. The summed E-state index contributed by atoms with van der Waals surface area (Å²) in [4.78, 5) is 6.99. The zero-order chi connectivity index (χ0) is 18.2. The third-order valence-corrected chi connectivity index (χ3v) is 5.83. The van der Waals surface area contributed by atoms with Gasteiger partial charge >= 0.3 is 0 Å². The zero-order valence-corrected chi connectivity index (χ0v) is 15.3. The fraction of sp³-hybridized carbons (Fsp3) is 0.250. The molecule has 1 fully saturated rings. The third kappa shape index (κ3) is 2.61. The number of hydrogen-bond donors (Lipinski definition) is 0. The van der Waals surface area contributed by atoms with E-state index in [1.54, 1.807) is 6.20 Å². The smallest absolute Gasteiger partial charge is 0.102 e. The first-order valence-corrected chi connectivity index (χ1v) is 9.71. The molecule has 0 bridgehead atoms. The number of fused-ring (bicyclic) bond motifs is 3. The molecule has 0 atom stereocenters. The predicted molar refractivity (Wildman–Crippen MR) is 109 cm³/mol. The van der Waals surface area contributed by atoms with Crippen LogP contribution in [0.3, 0.4) is 0 Å². The maximum Gasteiger partial charge on any atom is 0.102 e. The first-order valence-electron chi connectivity index (χ1n) is 9.71. The SMILES string of the molecule is N#Cc1c(-c2ccccn2)cc2c(c1N1CCCC1)CCc1ccccc1-2. The maximum absolute atomic E-state index is 10.1. The van der Waals surface area contributed by atoms with Crippen LogP contribution in [0, 0.1) is 11.3 Å². The summed E-state index contributed by atoms with van der Waals surface area (Å²) in [5.41, 5.74) is 9.09. The van der Waals surface area contributed by atoms with E-state index in [0.29, 0.717) is 0 Å². The molecule has 3 heteroatoms. The Balaban J connectivity index is 1.84. The van der Waals surface area contributed by atoms with E-state index < -0.39 is 0 Å². The Labute approximate surface area is 159 Å². The van der Waals surface area contributed by atoms with Crippen molar-refractivity contribution in [3.05, 3.63) is 71.4 Å². The van der Waals surface area contributed by atoms with Crippen molar-refractivity contribution < 1.29 is 0 Å². The van der Waals surface area contributed by atoms with Crippen LogP contribution in [-0.4, -0.2) is 18.1 Å². The van der Waals surface area contributed by atoms with Gasteiger partial charge in [0.2, 0.25) is 0 Å². The van der Waals surface area contributed by atoms with E-state index in [2.05, 4.69) is 46.3 Å². The highest BCUT2D eigenvalue weighted by molar-refractivity contribution is 5.89. The molecule has 0 unspecified atom stereocenters. The summed E-state index contributed by atoms with van der Waals surface area (Å²) >= 11 is 0. The van der Waals surface area contributed by atoms with E-state index in [1.807, 2.05) is 18.2 Å². The van der Waals surface area contributed by atoms with Crippen LogP contribution in [-0.2, 0) is 12.8 Å². The molecule has 1 aliphatic carbocycles. The standard InChI is InChI=1S/C24H21N3/c25-16-22-21(23-9-3-4-12-26-23)15-20-18-8-2-1-7-17(18)10-11-19(20)24(22)27-13-5-6-14-27/h1-4,7-9,12,15H,5-6,10-11,13-14H2. The van der Waals surface area contributed by atoms with Crippen LogP contribution in [0.15, 0.2) is 54.7 Å². The number of aromatic nitrogens is 1. The summed E-state index contributed by atoms with van der Waals surface area (Å²) < 4.78 is 0. The van der Waals surface area contributed by atoms with Gasteiger partial charge in [0.1, 0.15) is 6.07 Å². The number of nitrogens with zero attached hydrogens (tertiary/aromatic N) is 3. The summed E-state index contributed by atoms with van der Waals surface area (Å²) in [6, 6.07) is 19.3. The molecule has 2 heterocycles. The fourth-order valence-corrected chi connectivity index (χ4v) is 4.59. The molecular weight excluding hydrogens is 330 g/mol. The molecule has 2 aromatic carbocycles. The molecule has 1 saturated heterocycles. The molecule has 1 aromatic heterocycles. The lowest BCUT2D eigenvalue weighted by molar-refractivity contribution is 0.900. The number of anilines is 1. The molecule has 5 rings (SSSR count). The minimum Gasteiger partial charge on any atom is -0.370 e. The Bertz CT molecular complexity index is 1040. The van der Waals surface area contributed by atoms with E-state index in [0.717, 1.165) is 48.4 Å². The van der Waals surface area contributed by atoms with Crippen molar-refractivity contribution >= 4 is 5.69 Å². The first kappa shape index (κ1) is 16.1. The van der Waals surface area contributed by atoms with Gasteiger partial charge in [0.15, 0.2) is 0 Å². The van der Waals surface area contributed by atoms with Crippen LogP contribution < -0.4 is 4.90 Å². The topological polar surface area (TPSA) is 39.9 Å². The van der Waals surface area contributed by atoms with Gasteiger partial charge in [0, 0.05) is 24.8 Å². The molecule has 27 heavy (non-hydrogen) atoms. The van der Waals surface area contributed by atoms with Crippen LogP contribution in [0.4, 0.5) is 5.69 Å². The zero-order valence-electron chi connectivity index (χ0n) is 15.3. The second kappa shape index (κ2) is 6.55. The van der Waals surface area contributed by atoms with Gasteiger partial charge in [-0.25, -0.2) is 0 Å². The van der Waals surface area contributed by atoms with Crippen molar-refractivity contribution in [1.82, 2.24) is 4.98 Å². The Morgan fingerprint density at radius 1 is 0.889 bits per heavy atom. The van der Waals surface area contributed by atoms with Gasteiger partial charge in [-0.2, -0.15) is 5.26 Å². The van der Waals surface area contributed by atoms with Gasteiger partial charge in [0.25, 0.3) is 0 Å². The van der Waals surface area contributed by atoms with Crippen molar-refractivity contribution in [3.63, 3.8) is 0 Å².